The summed E-state index contributed by atoms with van der Waals surface area (Å²) >= 11 is 0. The third kappa shape index (κ3) is 4.35. The lowest BCUT2D eigenvalue weighted by Crippen LogP contribution is -2.39. The lowest BCUT2D eigenvalue weighted by molar-refractivity contribution is -0.137. The van der Waals surface area contributed by atoms with E-state index < -0.39 is 11.7 Å². The zero-order valence-corrected chi connectivity index (χ0v) is 16.1. The van der Waals surface area contributed by atoms with Gasteiger partial charge >= 0.3 is 6.18 Å². The van der Waals surface area contributed by atoms with Gasteiger partial charge in [-0.1, -0.05) is 18.2 Å². The van der Waals surface area contributed by atoms with Gasteiger partial charge in [0.15, 0.2) is 0 Å². The third-order valence-electron chi connectivity index (χ3n) is 5.31. The summed E-state index contributed by atoms with van der Waals surface area (Å²) in [5.74, 6) is -0.00795. The third-order valence-corrected chi connectivity index (χ3v) is 5.31. The van der Waals surface area contributed by atoms with Crippen molar-refractivity contribution in [2.45, 2.75) is 24.9 Å². The molecule has 1 atom stereocenters. The molecule has 1 aromatic carbocycles. The summed E-state index contributed by atoms with van der Waals surface area (Å²) in [5.41, 5.74) is 1.61. The van der Waals surface area contributed by atoms with Crippen LogP contribution in [0.25, 0.3) is 11.3 Å². The van der Waals surface area contributed by atoms with Gasteiger partial charge in [0.1, 0.15) is 0 Å². The number of nitrogens with zero attached hydrogens (tertiary/aromatic N) is 3. The summed E-state index contributed by atoms with van der Waals surface area (Å²) in [6, 6.07) is 14.0. The van der Waals surface area contributed by atoms with Crippen molar-refractivity contribution in [3.8, 4) is 11.3 Å². The molecule has 1 fully saturated rings. The van der Waals surface area contributed by atoms with Crippen molar-refractivity contribution >= 4 is 5.91 Å². The normalized spacial score (nSPS) is 17.0. The van der Waals surface area contributed by atoms with E-state index in [1.807, 2.05) is 17.0 Å². The van der Waals surface area contributed by atoms with Crippen molar-refractivity contribution in [1.29, 1.82) is 0 Å². The molecule has 30 heavy (non-hydrogen) atoms. The number of pyridine rings is 2. The Morgan fingerprint density at radius 2 is 1.80 bits per heavy atom. The Bertz CT molecular complexity index is 1040. The molecule has 0 N–H and O–H groups in total. The van der Waals surface area contributed by atoms with E-state index in [-0.39, 0.29) is 11.8 Å². The van der Waals surface area contributed by atoms with Gasteiger partial charge in [-0.05, 0) is 49.2 Å². The molecule has 1 aliphatic heterocycles. The maximum Gasteiger partial charge on any atom is 0.416 e. The Hall–Kier alpha value is -3.22. The Balaban J connectivity index is 1.56. The first kappa shape index (κ1) is 20.1. The lowest BCUT2D eigenvalue weighted by Gasteiger charge is -2.32. The van der Waals surface area contributed by atoms with Crippen LogP contribution < -0.4 is 0 Å². The molecule has 4 rings (SSSR count). The first-order chi connectivity index (χ1) is 14.4. The zero-order valence-electron chi connectivity index (χ0n) is 16.1. The molecule has 1 amide bonds. The molecular weight excluding hydrogens is 391 g/mol. The maximum absolute atomic E-state index is 13.1. The van der Waals surface area contributed by atoms with E-state index in [0.717, 1.165) is 30.7 Å². The van der Waals surface area contributed by atoms with Crippen molar-refractivity contribution in [3.05, 3.63) is 83.8 Å². The van der Waals surface area contributed by atoms with E-state index in [2.05, 4.69) is 9.97 Å². The molecule has 0 aliphatic carbocycles. The van der Waals surface area contributed by atoms with E-state index in [0.29, 0.717) is 29.9 Å². The molecule has 0 bridgehead atoms. The summed E-state index contributed by atoms with van der Waals surface area (Å²) in [4.78, 5) is 23.2. The number of carbonyl (C=O) groups excluding carboxylic acids is 1. The molecule has 0 radical (unpaired) electrons. The van der Waals surface area contributed by atoms with Crippen LogP contribution in [0.1, 0.15) is 40.4 Å². The molecule has 1 unspecified atom stereocenters. The van der Waals surface area contributed by atoms with Crippen LogP contribution in [0.4, 0.5) is 13.2 Å². The number of likely N-dealkylation sites (tertiary alicyclic amines) is 1. The summed E-state index contributed by atoms with van der Waals surface area (Å²) < 4.78 is 39.2. The largest absolute Gasteiger partial charge is 0.416 e. The van der Waals surface area contributed by atoms with Gasteiger partial charge in [0.25, 0.3) is 5.91 Å². The van der Waals surface area contributed by atoms with E-state index in [9.17, 15) is 18.0 Å². The number of alkyl halides is 3. The minimum Gasteiger partial charge on any atom is -0.338 e. The highest BCUT2D eigenvalue weighted by Crippen LogP contribution is 2.33. The Kier molecular flexibility index (Phi) is 5.53. The van der Waals surface area contributed by atoms with Gasteiger partial charge in [0, 0.05) is 48.2 Å². The first-order valence-corrected chi connectivity index (χ1v) is 9.76. The number of benzene rings is 1. The minimum atomic E-state index is -4.40. The highest BCUT2D eigenvalue weighted by atomic mass is 19.4. The van der Waals surface area contributed by atoms with Gasteiger partial charge in [-0.25, -0.2) is 0 Å². The fourth-order valence-corrected chi connectivity index (χ4v) is 3.77. The van der Waals surface area contributed by atoms with Crippen LogP contribution in [0, 0.1) is 0 Å². The SMILES string of the molecule is O=C(c1ccncc1)N1CCCC(c2cccc(-c3cccc(C(F)(F)F)c3)n2)C1. The van der Waals surface area contributed by atoms with Gasteiger partial charge < -0.3 is 4.90 Å². The first-order valence-electron chi connectivity index (χ1n) is 9.76. The number of hydrogen-bond donors (Lipinski definition) is 0. The summed E-state index contributed by atoms with van der Waals surface area (Å²) in [7, 11) is 0. The predicted octanol–water partition coefficient (Wildman–Crippen LogP) is 5.18. The van der Waals surface area contributed by atoms with Crippen LogP contribution in [0.3, 0.4) is 0 Å². The number of halogens is 3. The smallest absolute Gasteiger partial charge is 0.338 e. The number of amides is 1. The monoisotopic (exact) mass is 411 g/mol. The number of rotatable bonds is 3. The molecular formula is C23H20F3N3O. The Morgan fingerprint density at radius 3 is 2.57 bits per heavy atom. The summed E-state index contributed by atoms with van der Waals surface area (Å²) in [6.07, 6.45) is 0.504. The molecule has 0 spiro atoms. The van der Waals surface area contributed by atoms with Crippen molar-refractivity contribution in [3.63, 3.8) is 0 Å². The number of hydrogen-bond acceptors (Lipinski definition) is 3. The van der Waals surface area contributed by atoms with Gasteiger partial charge in [-0.15, -0.1) is 0 Å². The quantitative estimate of drug-likeness (QED) is 0.596. The van der Waals surface area contributed by atoms with Crippen molar-refractivity contribution in [1.82, 2.24) is 14.9 Å². The molecule has 1 aliphatic rings. The minimum absolute atomic E-state index is 0.0373. The van der Waals surface area contributed by atoms with Gasteiger partial charge in [-0.2, -0.15) is 13.2 Å². The molecule has 3 heterocycles. The molecule has 2 aromatic heterocycles. The van der Waals surface area contributed by atoms with Crippen LogP contribution in [0.2, 0.25) is 0 Å². The molecule has 4 nitrogen and oxygen atoms in total. The van der Waals surface area contributed by atoms with E-state index in [1.165, 1.54) is 6.07 Å². The second-order valence-electron chi connectivity index (χ2n) is 7.35. The molecule has 7 heteroatoms. The fraction of sp³-hybridized carbons (Fsp3) is 0.261. The fourth-order valence-electron chi connectivity index (χ4n) is 3.77. The van der Waals surface area contributed by atoms with Crippen LogP contribution in [0.15, 0.2) is 67.0 Å². The van der Waals surface area contributed by atoms with Gasteiger partial charge in [0.05, 0.1) is 11.3 Å². The second kappa shape index (κ2) is 8.26. The second-order valence-corrected chi connectivity index (χ2v) is 7.35. The molecule has 154 valence electrons. The van der Waals surface area contributed by atoms with E-state index in [4.69, 9.17) is 0 Å². The predicted molar refractivity (Wildman–Crippen MR) is 107 cm³/mol. The van der Waals surface area contributed by atoms with E-state index >= 15 is 0 Å². The van der Waals surface area contributed by atoms with Crippen LogP contribution in [-0.4, -0.2) is 33.9 Å². The van der Waals surface area contributed by atoms with Crippen molar-refractivity contribution in [2.24, 2.45) is 0 Å². The van der Waals surface area contributed by atoms with Gasteiger partial charge in [-0.3, -0.25) is 14.8 Å². The highest BCUT2D eigenvalue weighted by Gasteiger charge is 2.31. The molecule has 1 saturated heterocycles. The summed E-state index contributed by atoms with van der Waals surface area (Å²) in [5, 5.41) is 0. The summed E-state index contributed by atoms with van der Waals surface area (Å²) in [6.45, 7) is 1.20. The molecule has 3 aromatic rings. The Morgan fingerprint density at radius 1 is 1.03 bits per heavy atom. The number of piperidine rings is 1. The Labute approximate surface area is 172 Å². The number of aromatic nitrogens is 2. The van der Waals surface area contributed by atoms with Crippen LogP contribution in [0.5, 0.6) is 0 Å². The number of carbonyl (C=O) groups is 1. The topological polar surface area (TPSA) is 46.1 Å². The van der Waals surface area contributed by atoms with Crippen molar-refractivity contribution in [2.75, 3.05) is 13.1 Å². The standard InChI is InChI=1S/C23H20F3N3O/c24-23(25,26)19-6-1-4-17(14-19)20-7-2-8-21(28-20)18-5-3-13-29(15-18)22(30)16-9-11-27-12-10-16/h1-2,4,6-12,14,18H,3,5,13,15H2. The maximum atomic E-state index is 13.1. The van der Waals surface area contributed by atoms with E-state index in [1.54, 1.807) is 36.7 Å². The zero-order chi connectivity index (χ0) is 21.1. The van der Waals surface area contributed by atoms with Gasteiger partial charge in [0.2, 0.25) is 0 Å². The average molecular weight is 411 g/mol. The molecule has 0 saturated carbocycles. The highest BCUT2D eigenvalue weighted by molar-refractivity contribution is 5.94. The van der Waals surface area contributed by atoms with Crippen LogP contribution >= 0.6 is 0 Å². The lowest BCUT2D eigenvalue weighted by atomic mass is 9.93. The van der Waals surface area contributed by atoms with Crippen LogP contribution in [-0.2, 0) is 6.18 Å². The average Bonchev–Trinajstić information content (AvgIpc) is 2.79. The van der Waals surface area contributed by atoms with Crippen molar-refractivity contribution < 1.29 is 18.0 Å².